The lowest BCUT2D eigenvalue weighted by Gasteiger charge is -2.37. The molecule has 0 aliphatic carbocycles. The molecule has 19 heavy (non-hydrogen) atoms. The number of piperazine rings is 1. The lowest BCUT2D eigenvalue weighted by Crippen LogP contribution is -2.62. The molecule has 2 unspecified atom stereocenters. The molecule has 0 radical (unpaired) electrons. The molecular weight excluding hydrogens is 362 g/mol. The van der Waals surface area contributed by atoms with E-state index in [1.165, 1.54) is 23.1 Å². The van der Waals surface area contributed by atoms with Crippen LogP contribution in [0, 0.1) is 9.39 Å². The Morgan fingerprint density at radius 1 is 1.42 bits per heavy atom. The topological polar surface area (TPSA) is 49.4 Å². The summed E-state index contributed by atoms with van der Waals surface area (Å²) in [7, 11) is 0. The number of rotatable bonds is 2. The monoisotopic (exact) mass is 376 g/mol. The molecule has 4 nitrogen and oxygen atoms in total. The van der Waals surface area contributed by atoms with Crippen molar-refractivity contribution >= 4 is 40.1 Å². The molecule has 1 aliphatic heterocycles. The van der Waals surface area contributed by atoms with Crippen molar-refractivity contribution in [1.29, 1.82) is 0 Å². The minimum Gasteiger partial charge on any atom is -0.343 e. The second-order valence-corrected chi connectivity index (χ2v) is 5.61. The van der Waals surface area contributed by atoms with Crippen molar-refractivity contribution in [2.75, 3.05) is 4.90 Å². The lowest BCUT2D eigenvalue weighted by atomic mass is 10.1. The Balaban J connectivity index is 2.45. The summed E-state index contributed by atoms with van der Waals surface area (Å²) in [6, 6.07) is 3.09. The van der Waals surface area contributed by atoms with Crippen LogP contribution in [0.25, 0.3) is 0 Å². The number of anilines is 1. The van der Waals surface area contributed by atoms with Crippen LogP contribution >= 0.6 is 22.6 Å². The Bertz CT molecular complexity index is 535. The van der Waals surface area contributed by atoms with Crippen molar-refractivity contribution in [3.63, 3.8) is 0 Å². The number of amides is 2. The van der Waals surface area contributed by atoms with Gasteiger partial charge in [0.05, 0.1) is 5.69 Å². The van der Waals surface area contributed by atoms with Gasteiger partial charge in [-0.05, 0) is 54.1 Å². The summed E-state index contributed by atoms with van der Waals surface area (Å²) in [5, 5.41) is 2.69. The average Bonchev–Trinajstić information content (AvgIpc) is 2.36. The van der Waals surface area contributed by atoms with Crippen molar-refractivity contribution in [3.8, 4) is 0 Å². The summed E-state index contributed by atoms with van der Waals surface area (Å²) < 4.78 is 13.8. The highest BCUT2D eigenvalue weighted by molar-refractivity contribution is 14.1. The van der Waals surface area contributed by atoms with Gasteiger partial charge in [0.1, 0.15) is 17.9 Å². The van der Waals surface area contributed by atoms with Crippen LogP contribution in [0.15, 0.2) is 18.2 Å². The van der Waals surface area contributed by atoms with E-state index in [9.17, 15) is 14.0 Å². The van der Waals surface area contributed by atoms with Crippen LogP contribution in [-0.2, 0) is 9.59 Å². The van der Waals surface area contributed by atoms with Crippen LogP contribution in [0.5, 0.6) is 0 Å². The Morgan fingerprint density at radius 3 is 2.68 bits per heavy atom. The molecule has 2 amide bonds. The molecule has 2 atom stereocenters. The highest BCUT2D eigenvalue weighted by atomic mass is 127. The number of halogens is 2. The predicted molar refractivity (Wildman–Crippen MR) is 78.3 cm³/mol. The highest BCUT2D eigenvalue weighted by Crippen LogP contribution is 2.28. The van der Waals surface area contributed by atoms with Gasteiger partial charge in [0.2, 0.25) is 11.8 Å². The number of benzene rings is 1. The first-order valence-corrected chi connectivity index (χ1v) is 7.12. The molecule has 1 aliphatic rings. The van der Waals surface area contributed by atoms with Crippen molar-refractivity contribution in [1.82, 2.24) is 5.32 Å². The first kappa shape index (κ1) is 14.2. The SMILES string of the molecule is CCC1NC(=O)C(C)N(c2ccc(F)cc2I)C1=O. The van der Waals surface area contributed by atoms with E-state index in [1.54, 1.807) is 6.92 Å². The summed E-state index contributed by atoms with van der Waals surface area (Å²) in [6.07, 6.45) is 0.533. The fraction of sp³-hybridized carbons (Fsp3) is 0.385. The van der Waals surface area contributed by atoms with Crippen LogP contribution in [0.3, 0.4) is 0 Å². The molecule has 1 N–H and O–H groups in total. The van der Waals surface area contributed by atoms with E-state index >= 15 is 0 Å². The molecule has 0 spiro atoms. The highest BCUT2D eigenvalue weighted by Gasteiger charge is 2.38. The molecule has 1 fully saturated rings. The maximum atomic E-state index is 13.1. The summed E-state index contributed by atoms with van der Waals surface area (Å²) in [5.41, 5.74) is 0.577. The van der Waals surface area contributed by atoms with Crippen molar-refractivity contribution in [2.24, 2.45) is 0 Å². The number of hydrogen-bond acceptors (Lipinski definition) is 2. The van der Waals surface area contributed by atoms with Gasteiger partial charge < -0.3 is 5.32 Å². The molecule has 102 valence electrons. The Labute approximate surface area is 124 Å². The van der Waals surface area contributed by atoms with Gasteiger partial charge in [0.15, 0.2) is 0 Å². The van der Waals surface area contributed by atoms with Gasteiger partial charge in [0.25, 0.3) is 0 Å². The Hall–Kier alpha value is -1.18. The van der Waals surface area contributed by atoms with Gasteiger partial charge in [0, 0.05) is 3.57 Å². The number of carbonyl (C=O) groups excluding carboxylic acids is 2. The summed E-state index contributed by atoms with van der Waals surface area (Å²) >= 11 is 1.97. The summed E-state index contributed by atoms with van der Waals surface area (Å²) in [6.45, 7) is 3.51. The van der Waals surface area contributed by atoms with E-state index in [1.807, 2.05) is 29.5 Å². The van der Waals surface area contributed by atoms with E-state index in [0.29, 0.717) is 15.7 Å². The first-order valence-electron chi connectivity index (χ1n) is 6.04. The van der Waals surface area contributed by atoms with E-state index in [-0.39, 0.29) is 17.6 Å². The van der Waals surface area contributed by atoms with Gasteiger partial charge in [-0.1, -0.05) is 6.92 Å². The minimum absolute atomic E-state index is 0.154. The molecule has 0 aromatic heterocycles. The summed E-state index contributed by atoms with van der Waals surface area (Å²) in [5.74, 6) is -0.701. The first-order chi connectivity index (χ1) is 8.95. The Morgan fingerprint density at radius 2 is 2.11 bits per heavy atom. The third-order valence-electron chi connectivity index (χ3n) is 3.20. The molecule has 1 saturated heterocycles. The van der Waals surface area contributed by atoms with E-state index in [4.69, 9.17) is 0 Å². The maximum absolute atomic E-state index is 13.1. The molecule has 1 aromatic rings. The zero-order valence-corrected chi connectivity index (χ0v) is 12.8. The van der Waals surface area contributed by atoms with E-state index < -0.39 is 12.1 Å². The van der Waals surface area contributed by atoms with Crippen molar-refractivity contribution < 1.29 is 14.0 Å². The maximum Gasteiger partial charge on any atom is 0.250 e. The number of nitrogens with one attached hydrogen (secondary N) is 1. The zero-order valence-electron chi connectivity index (χ0n) is 10.6. The lowest BCUT2D eigenvalue weighted by molar-refractivity contribution is -0.133. The van der Waals surface area contributed by atoms with E-state index in [2.05, 4.69) is 5.32 Å². The molecule has 0 saturated carbocycles. The van der Waals surface area contributed by atoms with Gasteiger partial charge >= 0.3 is 0 Å². The standard InChI is InChI=1S/C13H14FIN2O2/c1-3-10-13(19)17(7(2)12(18)16-10)11-5-4-8(14)6-9(11)15/h4-7,10H,3H2,1-2H3,(H,16,18). The zero-order chi connectivity index (χ0) is 14.2. The predicted octanol–water partition coefficient (Wildman–Crippen LogP) is 2.06. The minimum atomic E-state index is -0.589. The van der Waals surface area contributed by atoms with Crippen molar-refractivity contribution in [3.05, 3.63) is 27.6 Å². The second kappa shape index (κ2) is 5.44. The number of hydrogen-bond donors (Lipinski definition) is 1. The fourth-order valence-corrected chi connectivity index (χ4v) is 2.85. The van der Waals surface area contributed by atoms with Crippen LogP contribution in [-0.4, -0.2) is 23.9 Å². The van der Waals surface area contributed by atoms with Gasteiger partial charge in [-0.25, -0.2) is 4.39 Å². The molecular formula is C13H14FIN2O2. The quantitative estimate of drug-likeness (QED) is 0.804. The third-order valence-corrected chi connectivity index (χ3v) is 4.06. The largest absolute Gasteiger partial charge is 0.343 e. The normalized spacial score (nSPS) is 23.5. The smallest absolute Gasteiger partial charge is 0.250 e. The third kappa shape index (κ3) is 2.58. The average molecular weight is 376 g/mol. The number of carbonyl (C=O) groups is 2. The van der Waals surface area contributed by atoms with Gasteiger partial charge in [-0.15, -0.1) is 0 Å². The van der Waals surface area contributed by atoms with Gasteiger partial charge in [-0.2, -0.15) is 0 Å². The van der Waals surface area contributed by atoms with E-state index in [0.717, 1.165) is 0 Å². The van der Waals surface area contributed by atoms with Crippen LogP contribution in [0.4, 0.5) is 10.1 Å². The van der Waals surface area contributed by atoms with Crippen molar-refractivity contribution in [2.45, 2.75) is 32.4 Å². The second-order valence-electron chi connectivity index (χ2n) is 4.45. The molecule has 6 heteroatoms. The van der Waals surface area contributed by atoms with Crippen LogP contribution in [0.2, 0.25) is 0 Å². The van der Waals surface area contributed by atoms with Gasteiger partial charge in [-0.3, -0.25) is 14.5 Å². The molecule has 2 rings (SSSR count). The molecule has 0 bridgehead atoms. The fourth-order valence-electron chi connectivity index (χ4n) is 2.11. The molecule has 1 heterocycles. The Kier molecular flexibility index (Phi) is 4.07. The van der Waals surface area contributed by atoms with Crippen LogP contribution in [0.1, 0.15) is 20.3 Å². The summed E-state index contributed by atoms with van der Waals surface area (Å²) in [4.78, 5) is 25.7. The van der Waals surface area contributed by atoms with Crippen LogP contribution < -0.4 is 10.2 Å². The molecule has 1 aromatic carbocycles. The number of nitrogens with zero attached hydrogens (tertiary/aromatic N) is 1.